The number of nitrogens with one attached hydrogen (secondary N) is 1. The predicted molar refractivity (Wildman–Crippen MR) is 77.7 cm³/mol. The maximum Gasteiger partial charge on any atom is 0.0521 e. The molecule has 1 heterocycles. The molecule has 104 valence electrons. The van der Waals surface area contributed by atoms with Crippen LogP contribution in [0.5, 0.6) is 0 Å². The molecule has 3 nitrogen and oxygen atoms in total. The smallest absolute Gasteiger partial charge is 0.0521 e. The zero-order valence-electron chi connectivity index (χ0n) is 12.6. The van der Waals surface area contributed by atoms with E-state index in [1.54, 1.807) is 0 Å². The van der Waals surface area contributed by atoms with Gasteiger partial charge in [-0.15, -0.1) is 0 Å². The van der Waals surface area contributed by atoms with Gasteiger partial charge in [0.25, 0.3) is 0 Å². The summed E-state index contributed by atoms with van der Waals surface area (Å²) >= 11 is 0. The van der Waals surface area contributed by atoms with Gasteiger partial charge in [-0.3, -0.25) is 4.68 Å². The van der Waals surface area contributed by atoms with Crippen LogP contribution in [0, 0.1) is 11.8 Å². The zero-order chi connectivity index (χ0) is 13.5. The summed E-state index contributed by atoms with van der Waals surface area (Å²) in [7, 11) is 0. The van der Waals surface area contributed by atoms with Crippen molar-refractivity contribution in [2.75, 3.05) is 6.54 Å². The molecule has 1 unspecified atom stereocenters. The highest BCUT2D eigenvalue weighted by Gasteiger charge is 2.13. The lowest BCUT2D eigenvalue weighted by Crippen LogP contribution is -2.30. The van der Waals surface area contributed by atoms with Gasteiger partial charge in [0, 0.05) is 18.8 Å². The van der Waals surface area contributed by atoms with E-state index in [0.29, 0.717) is 12.0 Å². The second kappa shape index (κ2) is 7.57. The molecule has 0 aliphatic heterocycles. The number of rotatable bonds is 8. The Morgan fingerprint density at radius 1 is 1.28 bits per heavy atom. The van der Waals surface area contributed by atoms with Crippen molar-refractivity contribution in [2.24, 2.45) is 11.8 Å². The average molecular weight is 251 g/mol. The molecule has 0 amide bonds. The van der Waals surface area contributed by atoms with Gasteiger partial charge in [0.15, 0.2) is 0 Å². The quantitative estimate of drug-likeness (QED) is 0.769. The molecule has 1 N–H and O–H groups in total. The van der Waals surface area contributed by atoms with Gasteiger partial charge in [-0.05, 0) is 43.7 Å². The molecule has 1 aromatic heterocycles. The maximum absolute atomic E-state index is 4.36. The maximum atomic E-state index is 4.36. The summed E-state index contributed by atoms with van der Waals surface area (Å²) < 4.78 is 2.01. The molecule has 0 saturated carbocycles. The highest BCUT2D eigenvalue weighted by atomic mass is 15.3. The lowest BCUT2D eigenvalue weighted by Gasteiger charge is -2.20. The summed E-state index contributed by atoms with van der Waals surface area (Å²) in [5.41, 5.74) is 1.37. The highest BCUT2D eigenvalue weighted by Crippen LogP contribution is 2.16. The lowest BCUT2D eigenvalue weighted by atomic mass is 9.92. The second-order valence-electron chi connectivity index (χ2n) is 5.97. The average Bonchev–Trinajstić information content (AvgIpc) is 2.73. The van der Waals surface area contributed by atoms with Crippen molar-refractivity contribution in [1.82, 2.24) is 15.1 Å². The number of aromatic nitrogens is 2. The SMILES string of the molecule is CCn1cc(CC(CNC(C)C)CC(C)C)cn1. The first-order chi connectivity index (χ1) is 8.51. The van der Waals surface area contributed by atoms with Gasteiger partial charge >= 0.3 is 0 Å². The Kier molecular flexibility index (Phi) is 6.41. The summed E-state index contributed by atoms with van der Waals surface area (Å²) in [6, 6.07) is 0.568. The Bertz CT molecular complexity index is 328. The Morgan fingerprint density at radius 2 is 2.00 bits per heavy atom. The minimum atomic E-state index is 0.568. The molecule has 1 rings (SSSR count). The minimum absolute atomic E-state index is 0.568. The molecule has 0 fully saturated rings. The summed E-state index contributed by atoms with van der Waals surface area (Å²) in [5, 5.41) is 7.92. The Morgan fingerprint density at radius 3 is 2.50 bits per heavy atom. The highest BCUT2D eigenvalue weighted by molar-refractivity contribution is 5.05. The fraction of sp³-hybridized carbons (Fsp3) is 0.800. The van der Waals surface area contributed by atoms with Crippen molar-refractivity contribution in [3.8, 4) is 0 Å². The summed E-state index contributed by atoms with van der Waals surface area (Å²) in [6.45, 7) is 13.2. The van der Waals surface area contributed by atoms with E-state index in [4.69, 9.17) is 0 Å². The van der Waals surface area contributed by atoms with Crippen molar-refractivity contribution in [2.45, 2.75) is 60.0 Å². The van der Waals surface area contributed by atoms with E-state index < -0.39 is 0 Å². The van der Waals surface area contributed by atoms with E-state index in [0.717, 1.165) is 25.4 Å². The lowest BCUT2D eigenvalue weighted by molar-refractivity contribution is 0.373. The van der Waals surface area contributed by atoms with Gasteiger partial charge in [-0.1, -0.05) is 27.7 Å². The first kappa shape index (κ1) is 15.2. The van der Waals surface area contributed by atoms with Crippen LogP contribution in [0.4, 0.5) is 0 Å². The topological polar surface area (TPSA) is 29.9 Å². The number of aryl methyl sites for hydroxylation is 1. The van der Waals surface area contributed by atoms with Crippen LogP contribution in [0.1, 0.15) is 46.6 Å². The Balaban J connectivity index is 2.53. The molecule has 0 aliphatic rings. The Hall–Kier alpha value is -0.830. The molecule has 0 bridgehead atoms. The third-order valence-electron chi connectivity index (χ3n) is 3.15. The first-order valence-electron chi connectivity index (χ1n) is 7.26. The molecule has 1 atom stereocenters. The van der Waals surface area contributed by atoms with E-state index >= 15 is 0 Å². The molecule has 0 radical (unpaired) electrons. The first-order valence-corrected chi connectivity index (χ1v) is 7.26. The Labute approximate surface area is 112 Å². The molecular weight excluding hydrogens is 222 g/mol. The molecule has 18 heavy (non-hydrogen) atoms. The van der Waals surface area contributed by atoms with Gasteiger partial charge < -0.3 is 5.32 Å². The molecule has 1 aromatic rings. The summed E-state index contributed by atoms with van der Waals surface area (Å²) in [5.74, 6) is 1.46. The normalized spacial score (nSPS) is 13.5. The van der Waals surface area contributed by atoms with Crippen LogP contribution in [0.15, 0.2) is 12.4 Å². The minimum Gasteiger partial charge on any atom is -0.314 e. The third-order valence-corrected chi connectivity index (χ3v) is 3.15. The number of hydrogen-bond acceptors (Lipinski definition) is 2. The molecular formula is C15H29N3. The van der Waals surface area contributed by atoms with E-state index in [-0.39, 0.29) is 0 Å². The number of nitrogens with zero attached hydrogens (tertiary/aromatic N) is 2. The zero-order valence-corrected chi connectivity index (χ0v) is 12.6. The van der Waals surface area contributed by atoms with Crippen molar-refractivity contribution in [3.63, 3.8) is 0 Å². The van der Waals surface area contributed by atoms with Gasteiger partial charge in [0.1, 0.15) is 0 Å². The van der Waals surface area contributed by atoms with Crippen LogP contribution in [0.2, 0.25) is 0 Å². The van der Waals surface area contributed by atoms with Crippen molar-refractivity contribution >= 4 is 0 Å². The van der Waals surface area contributed by atoms with Gasteiger partial charge in [0.2, 0.25) is 0 Å². The molecule has 0 aliphatic carbocycles. The third kappa shape index (κ3) is 5.67. The fourth-order valence-electron chi connectivity index (χ4n) is 2.33. The predicted octanol–water partition coefficient (Wildman–Crippen LogP) is 3.11. The van der Waals surface area contributed by atoms with E-state index in [1.165, 1.54) is 12.0 Å². The van der Waals surface area contributed by atoms with Crippen LogP contribution in [-0.4, -0.2) is 22.4 Å². The van der Waals surface area contributed by atoms with E-state index in [1.807, 2.05) is 10.9 Å². The molecule has 0 saturated heterocycles. The van der Waals surface area contributed by atoms with Crippen LogP contribution < -0.4 is 5.32 Å². The van der Waals surface area contributed by atoms with E-state index in [9.17, 15) is 0 Å². The fourth-order valence-corrected chi connectivity index (χ4v) is 2.33. The monoisotopic (exact) mass is 251 g/mol. The largest absolute Gasteiger partial charge is 0.314 e. The van der Waals surface area contributed by atoms with Crippen LogP contribution in [0.3, 0.4) is 0 Å². The number of hydrogen-bond donors (Lipinski definition) is 1. The summed E-state index contributed by atoms with van der Waals surface area (Å²) in [4.78, 5) is 0. The van der Waals surface area contributed by atoms with Crippen molar-refractivity contribution in [3.05, 3.63) is 18.0 Å². The van der Waals surface area contributed by atoms with Gasteiger partial charge in [-0.25, -0.2) is 0 Å². The molecule has 0 aromatic carbocycles. The van der Waals surface area contributed by atoms with Gasteiger partial charge in [-0.2, -0.15) is 5.10 Å². The summed E-state index contributed by atoms with van der Waals surface area (Å²) in [6.07, 6.45) is 6.61. The molecule has 0 spiro atoms. The second-order valence-corrected chi connectivity index (χ2v) is 5.97. The van der Waals surface area contributed by atoms with Crippen molar-refractivity contribution in [1.29, 1.82) is 0 Å². The van der Waals surface area contributed by atoms with Crippen LogP contribution in [0.25, 0.3) is 0 Å². The van der Waals surface area contributed by atoms with E-state index in [2.05, 4.69) is 51.2 Å². The van der Waals surface area contributed by atoms with Crippen LogP contribution >= 0.6 is 0 Å². The molecule has 3 heteroatoms. The van der Waals surface area contributed by atoms with Crippen molar-refractivity contribution < 1.29 is 0 Å². The van der Waals surface area contributed by atoms with Gasteiger partial charge in [0.05, 0.1) is 6.20 Å². The standard InChI is InChI=1S/C15H29N3/c1-6-18-11-15(10-17-18)8-14(7-12(2)3)9-16-13(4)5/h10-14,16H,6-9H2,1-5H3. The van der Waals surface area contributed by atoms with Crippen LogP contribution in [-0.2, 0) is 13.0 Å².